The second-order valence-electron chi connectivity index (χ2n) is 7.72. The van der Waals surface area contributed by atoms with E-state index in [0.29, 0.717) is 11.5 Å². The SMILES string of the molecule is CC1(C)CCCC2(CO2)C2CCC3(C)OC3C21. The molecule has 2 heterocycles. The number of rotatable bonds is 0. The van der Waals surface area contributed by atoms with Crippen LogP contribution in [-0.2, 0) is 9.47 Å². The quantitative estimate of drug-likeness (QED) is 0.604. The van der Waals surface area contributed by atoms with Crippen LogP contribution in [-0.4, -0.2) is 23.9 Å². The van der Waals surface area contributed by atoms with Crippen LogP contribution in [0.3, 0.4) is 0 Å². The Bertz CT molecular complexity index is 358. The lowest BCUT2D eigenvalue weighted by Crippen LogP contribution is -2.44. The topological polar surface area (TPSA) is 25.1 Å². The van der Waals surface area contributed by atoms with Crippen LogP contribution < -0.4 is 0 Å². The van der Waals surface area contributed by atoms with Gasteiger partial charge in [0.1, 0.15) is 0 Å². The molecule has 0 aromatic heterocycles. The average Bonchev–Trinajstić information content (AvgIpc) is 3.10. The molecule has 2 nitrogen and oxygen atoms in total. The van der Waals surface area contributed by atoms with Crippen LogP contribution in [0, 0.1) is 17.3 Å². The fourth-order valence-corrected chi connectivity index (χ4v) is 4.93. The van der Waals surface area contributed by atoms with Gasteiger partial charge in [-0.05, 0) is 56.3 Å². The normalized spacial score (nSPS) is 59.1. The predicted molar refractivity (Wildman–Crippen MR) is 65.8 cm³/mol. The van der Waals surface area contributed by atoms with Gasteiger partial charge >= 0.3 is 0 Å². The molecule has 96 valence electrons. The summed E-state index contributed by atoms with van der Waals surface area (Å²) in [4.78, 5) is 0. The number of ether oxygens (including phenoxy) is 2. The molecule has 4 aliphatic rings. The Kier molecular flexibility index (Phi) is 1.85. The molecule has 5 unspecified atom stereocenters. The Hall–Kier alpha value is -0.0800. The zero-order valence-corrected chi connectivity index (χ0v) is 11.3. The van der Waals surface area contributed by atoms with Crippen LogP contribution in [0.2, 0.25) is 0 Å². The van der Waals surface area contributed by atoms with Crippen LogP contribution in [0.5, 0.6) is 0 Å². The Morgan fingerprint density at radius 3 is 2.53 bits per heavy atom. The molecule has 5 atom stereocenters. The van der Waals surface area contributed by atoms with E-state index in [1.807, 2.05) is 0 Å². The number of fused-ring (bicyclic) bond motifs is 4. The Morgan fingerprint density at radius 1 is 1.06 bits per heavy atom. The third-order valence-corrected chi connectivity index (χ3v) is 6.17. The van der Waals surface area contributed by atoms with Crippen LogP contribution >= 0.6 is 0 Å². The summed E-state index contributed by atoms with van der Waals surface area (Å²) in [5, 5.41) is 0. The third kappa shape index (κ3) is 1.34. The van der Waals surface area contributed by atoms with Gasteiger partial charge in [-0.15, -0.1) is 0 Å². The summed E-state index contributed by atoms with van der Waals surface area (Å²) < 4.78 is 12.0. The molecule has 2 aliphatic carbocycles. The van der Waals surface area contributed by atoms with Crippen LogP contribution in [0.15, 0.2) is 0 Å². The van der Waals surface area contributed by atoms with Crippen molar-refractivity contribution in [1.82, 2.24) is 0 Å². The molecule has 0 N–H and O–H groups in total. The number of hydrogen-bond acceptors (Lipinski definition) is 2. The summed E-state index contributed by atoms with van der Waals surface area (Å²) >= 11 is 0. The lowest BCUT2D eigenvalue weighted by atomic mass is 9.60. The monoisotopic (exact) mass is 236 g/mol. The van der Waals surface area contributed by atoms with Crippen molar-refractivity contribution in [2.75, 3.05) is 6.61 Å². The van der Waals surface area contributed by atoms with Crippen molar-refractivity contribution >= 4 is 0 Å². The van der Waals surface area contributed by atoms with E-state index >= 15 is 0 Å². The zero-order valence-electron chi connectivity index (χ0n) is 11.3. The molecule has 1 spiro atoms. The number of hydrogen-bond donors (Lipinski definition) is 0. The van der Waals surface area contributed by atoms with Crippen molar-refractivity contribution in [1.29, 1.82) is 0 Å². The minimum atomic E-state index is 0.221. The molecule has 0 aromatic carbocycles. The summed E-state index contributed by atoms with van der Waals surface area (Å²) in [7, 11) is 0. The molecule has 17 heavy (non-hydrogen) atoms. The second-order valence-corrected chi connectivity index (χ2v) is 7.72. The molecule has 2 saturated heterocycles. The van der Waals surface area contributed by atoms with Crippen molar-refractivity contribution in [3.05, 3.63) is 0 Å². The summed E-state index contributed by atoms with van der Waals surface area (Å²) in [5.74, 6) is 1.49. The maximum atomic E-state index is 6.09. The third-order valence-electron chi connectivity index (χ3n) is 6.17. The van der Waals surface area contributed by atoms with E-state index in [-0.39, 0.29) is 11.2 Å². The second kappa shape index (κ2) is 2.91. The molecule has 4 rings (SSSR count). The molecule has 0 amide bonds. The largest absolute Gasteiger partial charge is 0.369 e. The Balaban J connectivity index is 1.73. The average molecular weight is 236 g/mol. The van der Waals surface area contributed by atoms with E-state index in [0.717, 1.165) is 18.4 Å². The lowest BCUT2D eigenvalue weighted by Gasteiger charge is -2.42. The first kappa shape index (κ1) is 10.8. The van der Waals surface area contributed by atoms with Crippen molar-refractivity contribution in [2.45, 2.75) is 70.2 Å². The van der Waals surface area contributed by atoms with Gasteiger partial charge in [-0.2, -0.15) is 0 Å². The van der Waals surface area contributed by atoms with Crippen molar-refractivity contribution in [3.8, 4) is 0 Å². The maximum absolute atomic E-state index is 6.09. The highest BCUT2D eigenvalue weighted by molar-refractivity contribution is 5.17. The van der Waals surface area contributed by atoms with E-state index in [4.69, 9.17) is 9.47 Å². The van der Waals surface area contributed by atoms with Gasteiger partial charge in [0.2, 0.25) is 0 Å². The van der Waals surface area contributed by atoms with Crippen LogP contribution in [0.4, 0.5) is 0 Å². The fraction of sp³-hybridized carbons (Fsp3) is 1.00. The van der Waals surface area contributed by atoms with Gasteiger partial charge in [0.05, 0.1) is 23.9 Å². The standard InChI is InChI=1S/C15H24O2/c1-13(2)6-4-7-15(9-16-15)10-5-8-14(3)12(17-14)11(10)13/h10-12H,4-9H2,1-3H3. The fourth-order valence-electron chi connectivity index (χ4n) is 4.93. The molecule has 0 bridgehead atoms. The lowest BCUT2D eigenvalue weighted by molar-refractivity contribution is 0.0512. The minimum Gasteiger partial charge on any atom is -0.369 e. The van der Waals surface area contributed by atoms with E-state index in [1.165, 1.54) is 32.1 Å². The smallest absolute Gasteiger partial charge is 0.0948 e. The summed E-state index contributed by atoms with van der Waals surface area (Å²) in [6, 6.07) is 0. The Labute approximate surface area is 104 Å². The predicted octanol–water partition coefficient (Wildman–Crippen LogP) is 3.15. The highest BCUT2D eigenvalue weighted by atomic mass is 16.6. The van der Waals surface area contributed by atoms with Gasteiger partial charge in [0.25, 0.3) is 0 Å². The van der Waals surface area contributed by atoms with Crippen LogP contribution in [0.25, 0.3) is 0 Å². The van der Waals surface area contributed by atoms with Gasteiger partial charge in [0, 0.05) is 0 Å². The number of epoxide rings is 2. The van der Waals surface area contributed by atoms with Gasteiger partial charge < -0.3 is 9.47 Å². The first-order valence-corrected chi connectivity index (χ1v) is 7.29. The summed E-state index contributed by atoms with van der Waals surface area (Å²) in [6.07, 6.45) is 7.07. The first-order chi connectivity index (χ1) is 7.97. The first-order valence-electron chi connectivity index (χ1n) is 7.29. The molecule has 2 heteroatoms. The molecule has 0 radical (unpaired) electrons. The minimum absolute atomic E-state index is 0.221. The van der Waals surface area contributed by atoms with E-state index in [9.17, 15) is 0 Å². The van der Waals surface area contributed by atoms with E-state index < -0.39 is 0 Å². The molecule has 2 aliphatic heterocycles. The van der Waals surface area contributed by atoms with Crippen molar-refractivity contribution in [2.24, 2.45) is 17.3 Å². The maximum Gasteiger partial charge on any atom is 0.0948 e. The van der Waals surface area contributed by atoms with Crippen LogP contribution in [0.1, 0.15) is 52.9 Å². The highest BCUT2D eigenvalue weighted by Crippen LogP contribution is 2.65. The molecule has 0 aromatic rings. The van der Waals surface area contributed by atoms with Gasteiger partial charge in [0.15, 0.2) is 0 Å². The van der Waals surface area contributed by atoms with Crippen molar-refractivity contribution < 1.29 is 9.47 Å². The van der Waals surface area contributed by atoms with E-state index in [1.54, 1.807) is 0 Å². The molecular weight excluding hydrogens is 212 g/mol. The molecule has 2 saturated carbocycles. The van der Waals surface area contributed by atoms with E-state index in [2.05, 4.69) is 20.8 Å². The summed E-state index contributed by atoms with van der Waals surface area (Å²) in [5.41, 5.74) is 0.924. The van der Waals surface area contributed by atoms with Gasteiger partial charge in [-0.25, -0.2) is 0 Å². The van der Waals surface area contributed by atoms with Gasteiger partial charge in [-0.3, -0.25) is 0 Å². The molecule has 4 fully saturated rings. The zero-order chi connectivity index (χ0) is 11.9. The van der Waals surface area contributed by atoms with Gasteiger partial charge in [-0.1, -0.05) is 13.8 Å². The summed E-state index contributed by atoms with van der Waals surface area (Å²) in [6.45, 7) is 8.25. The molecular formula is C15H24O2. The Morgan fingerprint density at radius 2 is 1.82 bits per heavy atom. The highest BCUT2D eigenvalue weighted by Gasteiger charge is 2.69. The van der Waals surface area contributed by atoms with Crippen molar-refractivity contribution in [3.63, 3.8) is 0 Å².